The molecule has 0 aromatic carbocycles. The third kappa shape index (κ3) is 60.7. The molecule has 0 saturated heterocycles. The third-order valence-electron chi connectivity index (χ3n) is 9.54. The topological polar surface area (TPSA) is 240 Å². The zero-order valence-corrected chi connectivity index (χ0v) is 59.5. The molecule has 6 aromatic rings. The van der Waals surface area contributed by atoms with Gasteiger partial charge in [0.15, 0.2) is 0 Å². The molecule has 0 amide bonds. The van der Waals surface area contributed by atoms with Crippen LogP contribution >= 0.6 is 0 Å². The van der Waals surface area contributed by atoms with Crippen molar-refractivity contribution in [2.45, 2.75) is 39.3 Å². The van der Waals surface area contributed by atoms with Crippen molar-refractivity contribution >= 4 is 96.1 Å². The molecule has 0 aliphatic carbocycles. The van der Waals surface area contributed by atoms with E-state index in [1.54, 1.807) is 29.8 Å². The molecule has 0 radical (unpaired) electrons. The number of nitriles is 6. The van der Waals surface area contributed by atoms with Gasteiger partial charge in [-0.15, -0.1) is 0 Å². The minimum atomic E-state index is 0. The first-order valence-corrected chi connectivity index (χ1v) is 28.4. The predicted molar refractivity (Wildman–Crippen MR) is 312 cm³/mol. The fourth-order valence-corrected chi connectivity index (χ4v) is 6.11. The van der Waals surface area contributed by atoms with Crippen LogP contribution in [0.1, 0.15) is 34.2 Å². The van der Waals surface area contributed by atoms with Crippen molar-refractivity contribution in [3.05, 3.63) is 181 Å². The summed E-state index contributed by atoms with van der Waals surface area (Å²) in [4.78, 5) is 49.6. The van der Waals surface area contributed by atoms with Gasteiger partial charge in [-0.05, 0) is 115 Å². The molecular weight excluding hydrogens is 1540 g/mol. The Morgan fingerprint density at radius 3 is 0.469 bits per heavy atom. The number of likely N-dealkylation sites (N-methyl/N-ethyl adjacent to an activating group) is 6. The van der Waals surface area contributed by atoms with E-state index in [9.17, 15) is 0 Å². The number of rotatable bonds is 21. The summed E-state index contributed by atoms with van der Waals surface area (Å²) >= 11 is 12.7. The van der Waals surface area contributed by atoms with E-state index in [4.69, 9.17) is 31.6 Å². The average Bonchev–Trinajstić information content (AvgIpc) is 3.43. The minimum absolute atomic E-state index is 0. The van der Waals surface area contributed by atoms with Crippen LogP contribution in [0.3, 0.4) is 0 Å². The summed E-state index contributed by atoms with van der Waals surface area (Å²) in [5.41, 5.74) is 6.68. The van der Waals surface area contributed by atoms with Gasteiger partial charge in [-0.2, -0.15) is 0 Å². The third-order valence-corrected chi connectivity index (χ3v) is 9.54. The normalized spacial score (nSPS) is 8.81. The van der Waals surface area contributed by atoms with Crippen molar-refractivity contribution in [2.75, 3.05) is 81.6 Å². The molecule has 426 valence electrons. The van der Waals surface area contributed by atoms with E-state index >= 15 is 0 Å². The molecule has 0 aliphatic heterocycles. The summed E-state index contributed by atoms with van der Waals surface area (Å²) in [5.74, 6) is 0. The molecule has 0 bridgehead atoms. The Bertz CT molecular complexity index is 2090. The second kappa shape index (κ2) is 67.1. The molecule has 0 N–H and O–H groups in total. The molecule has 0 unspecified atom stereocenters. The van der Waals surface area contributed by atoms with E-state index < -0.39 is 0 Å². The van der Waals surface area contributed by atoms with Crippen molar-refractivity contribution in [3.63, 3.8) is 0 Å². The number of aromatic nitrogens is 6. The van der Waals surface area contributed by atoms with Crippen LogP contribution in [0.4, 0.5) is 0 Å². The maximum absolute atomic E-state index is 7.26. The van der Waals surface area contributed by atoms with E-state index in [1.165, 1.54) is 0 Å². The van der Waals surface area contributed by atoms with Crippen LogP contribution in [0.25, 0.3) is 0 Å². The van der Waals surface area contributed by atoms with E-state index in [0.29, 0.717) is 0 Å². The minimum Gasteiger partial charge on any atom is 4.00 e. The number of nitrogens with zero attached hydrogens (tertiary/aromatic N) is 18. The Hall–Kier alpha value is -3.72. The van der Waals surface area contributed by atoms with Crippen LogP contribution in [-0.2, 0) is 90.5 Å². The van der Waals surface area contributed by atoms with E-state index in [0.717, 1.165) is 113 Å². The molecule has 81 heavy (non-hydrogen) atoms. The molecule has 0 spiro atoms. The Morgan fingerprint density at radius 2 is 0.383 bits per heavy atom. The Balaban J connectivity index is -0.000000222. The van der Waals surface area contributed by atoms with Crippen LogP contribution in [0.2, 0.25) is 0 Å². The molecule has 0 fully saturated rings. The predicted octanol–water partition coefficient (Wildman–Crippen LogP) is 3.93. The van der Waals surface area contributed by atoms with Gasteiger partial charge in [-0.1, -0.05) is 36.4 Å². The fourth-order valence-electron chi connectivity index (χ4n) is 6.11. The van der Waals surface area contributed by atoms with Crippen LogP contribution in [0.15, 0.2) is 146 Å². The Labute approximate surface area is 563 Å². The monoisotopic (exact) mass is 1610 g/mol. The maximum atomic E-state index is 7.26. The molecule has 6 aromatic heterocycles. The second-order valence-electron chi connectivity index (χ2n) is 15.9. The second-order valence-corrected chi connectivity index (χ2v) is 18.2. The quantitative estimate of drug-likeness (QED) is 0.0928. The van der Waals surface area contributed by atoms with Crippen LogP contribution in [0, 0.1) is 61.4 Å². The Morgan fingerprint density at radius 1 is 0.272 bits per heavy atom. The maximum Gasteiger partial charge on any atom is 4.00 e. The molecule has 0 saturated carbocycles. The van der Waals surface area contributed by atoms with E-state index in [-0.39, 0.29) is 51.2 Å². The Kier molecular flexibility index (Phi) is 73.3. The first kappa shape index (κ1) is 88.5. The van der Waals surface area contributed by atoms with Gasteiger partial charge in [-0.3, -0.25) is 59.3 Å². The first-order valence-electron chi connectivity index (χ1n) is 23.3. The van der Waals surface area contributed by atoms with Gasteiger partial charge in [0.2, 0.25) is 0 Å². The molecular formula is C54H66Fe3N18Se6+6. The van der Waals surface area contributed by atoms with Crippen molar-refractivity contribution in [1.29, 1.82) is 31.6 Å². The van der Waals surface area contributed by atoms with Crippen molar-refractivity contribution in [3.8, 4) is 29.8 Å². The first-order chi connectivity index (χ1) is 37.7. The van der Waals surface area contributed by atoms with Gasteiger partial charge >= 0.3 is 209 Å². The summed E-state index contributed by atoms with van der Waals surface area (Å²) < 4.78 is 0. The standard InChI is InChI=1S/3C16H22N4.6CHNSe.3Fe/c3*1-19(13-15-7-3-5-9-17-15)11-12-20(2)14-16-8-4-6-10-18-16;6*2-1-3;;;/h3*3-10H,11-14H2,1-2H3;6*3H;;;/q;;;;;;;;;3*+4/p-6. The van der Waals surface area contributed by atoms with Crippen molar-refractivity contribution in [1.82, 2.24) is 59.3 Å². The number of pyridine rings is 6. The van der Waals surface area contributed by atoms with Crippen LogP contribution in [-0.4, -0.2) is 237 Å². The molecule has 0 atom stereocenters. The smallest absolute Gasteiger partial charge is 4.00 e. The molecule has 6 rings (SSSR count). The van der Waals surface area contributed by atoms with E-state index in [2.05, 4.69) is 234 Å². The van der Waals surface area contributed by atoms with Gasteiger partial charge in [-0.25, -0.2) is 0 Å². The van der Waals surface area contributed by atoms with Crippen molar-refractivity contribution < 1.29 is 51.2 Å². The van der Waals surface area contributed by atoms with E-state index in [1.807, 2.05) is 110 Å². The molecule has 18 nitrogen and oxygen atoms in total. The zero-order valence-electron chi connectivity index (χ0n) is 45.9. The average molecular weight is 1610 g/mol. The van der Waals surface area contributed by atoms with Gasteiger partial charge in [0, 0.05) is 116 Å². The van der Waals surface area contributed by atoms with Gasteiger partial charge in [0.05, 0.1) is 34.2 Å². The molecule has 6 heterocycles. The van der Waals surface area contributed by atoms with Crippen molar-refractivity contribution in [2.24, 2.45) is 0 Å². The molecule has 27 heteroatoms. The summed E-state index contributed by atoms with van der Waals surface area (Å²) in [7, 11) is 12.8. The van der Waals surface area contributed by atoms with Gasteiger partial charge < -0.3 is 0 Å². The van der Waals surface area contributed by atoms with Crippen LogP contribution in [0.5, 0.6) is 0 Å². The largest absolute Gasteiger partial charge is 4.00 e. The van der Waals surface area contributed by atoms with Crippen LogP contribution < -0.4 is 0 Å². The summed E-state index contributed by atoms with van der Waals surface area (Å²) in [5, 5.41) is 43.6. The number of hydrogen-bond donors (Lipinski definition) is 0. The number of hydrogen-bond acceptors (Lipinski definition) is 18. The zero-order chi connectivity index (χ0) is 58.9. The SMILES string of the molecule is CN(CCN(C)Cc1ccccn1)Cc1ccccn1.CN(CCN(C)Cc1ccccn1)Cc1ccccn1.CN(CCN(C)Cc1ccccn1)Cc1ccccn1.N#C[Se-].N#C[Se-].N#C[Se-].N#C[Se-].N#C[Se-].N#C[Se-].[Fe+4].[Fe+4].[Fe+4]. The van der Waals surface area contributed by atoms with Gasteiger partial charge in [0.25, 0.3) is 0 Å². The summed E-state index contributed by atoms with van der Waals surface area (Å²) in [6.07, 6.45) is 11.1. The summed E-state index contributed by atoms with van der Waals surface area (Å²) in [6, 6.07) is 36.3. The summed E-state index contributed by atoms with van der Waals surface area (Å²) in [6.45, 7) is 11.4. The molecule has 0 aliphatic rings. The fraction of sp³-hybridized carbons (Fsp3) is 0.333. The van der Waals surface area contributed by atoms with Gasteiger partial charge in [0.1, 0.15) is 0 Å².